The Morgan fingerprint density at radius 1 is 0.804 bits per heavy atom. The number of amides is 2. The number of halogens is 1. The van der Waals surface area contributed by atoms with Crippen LogP contribution < -0.4 is 5.32 Å². The first-order valence-corrected chi connectivity index (χ1v) is 17.7. The molecule has 0 radical (unpaired) electrons. The van der Waals surface area contributed by atoms with Crippen molar-refractivity contribution in [3.63, 3.8) is 0 Å². The molecule has 0 saturated heterocycles. The molecule has 0 bridgehead atoms. The van der Waals surface area contributed by atoms with E-state index in [1.807, 2.05) is 127 Å². The molecule has 1 N–H and O–H groups in total. The van der Waals surface area contributed by atoms with Gasteiger partial charge in [0.1, 0.15) is 11.2 Å². The molecule has 0 spiro atoms. The van der Waals surface area contributed by atoms with Crippen LogP contribution in [0, 0.1) is 6.92 Å². The van der Waals surface area contributed by atoms with Crippen LogP contribution in [0.5, 0.6) is 0 Å². The van der Waals surface area contributed by atoms with E-state index < -0.39 is 17.1 Å². The molecule has 0 aliphatic carbocycles. The Balaban J connectivity index is 1.35. The zero-order valence-corrected chi connectivity index (χ0v) is 31.3. The SMILES string of the molecule is Cc1cc(Cl)ccc1-c1ccc(NC(=O)[C@H](Cc2ccc(C(=O)OC(C)(C)C)cc2)c2ccc(C3=CCN(C(=O)OC(C)(C)C)CC3)cc2)cc1. The number of nitrogens with one attached hydrogen (secondary N) is 1. The highest BCUT2D eigenvalue weighted by atomic mass is 35.5. The second-order valence-electron chi connectivity index (χ2n) is 15.0. The second kappa shape index (κ2) is 15.6. The number of aryl methyl sites for hydroxylation is 1. The largest absolute Gasteiger partial charge is 0.456 e. The number of rotatable bonds is 8. The maximum Gasteiger partial charge on any atom is 0.410 e. The van der Waals surface area contributed by atoms with Crippen LogP contribution in [0.25, 0.3) is 16.7 Å². The Morgan fingerprint density at radius 2 is 1.43 bits per heavy atom. The number of hydrogen-bond donors (Lipinski definition) is 1. The van der Waals surface area contributed by atoms with Gasteiger partial charge in [0.25, 0.3) is 0 Å². The standard InChI is InChI=1S/C43H47ClN2O5/c1-28-26-35(44)18-21-37(28)32-16-19-36(20-17-32)45-39(47)38(27-29-8-10-34(11-9-29)40(48)50-42(2,3)4)33-14-12-30(13-15-33)31-22-24-46(25-23-31)41(49)51-43(5,6)7/h8-22,26,38H,23-25,27H2,1-7H3,(H,45,47)/t38-/m1/s1. The second-order valence-corrected chi connectivity index (χ2v) is 15.4. The van der Waals surface area contributed by atoms with Crippen LogP contribution in [-0.2, 0) is 20.7 Å². The normalized spacial score (nSPS) is 14.0. The first-order valence-electron chi connectivity index (χ1n) is 17.3. The van der Waals surface area contributed by atoms with Crippen LogP contribution in [0.15, 0.2) is 97.1 Å². The molecule has 1 atom stereocenters. The minimum atomic E-state index is -0.595. The first-order chi connectivity index (χ1) is 24.0. The van der Waals surface area contributed by atoms with Gasteiger partial charge in [-0.05, 0) is 137 Å². The summed E-state index contributed by atoms with van der Waals surface area (Å²) in [7, 11) is 0. The van der Waals surface area contributed by atoms with Gasteiger partial charge in [0, 0.05) is 23.8 Å². The fraction of sp³-hybridized carbons (Fsp3) is 0.326. The van der Waals surface area contributed by atoms with E-state index in [1.165, 1.54) is 0 Å². The molecule has 266 valence electrons. The summed E-state index contributed by atoms with van der Waals surface area (Å²) < 4.78 is 11.1. The summed E-state index contributed by atoms with van der Waals surface area (Å²) in [4.78, 5) is 40.9. The summed E-state index contributed by atoms with van der Waals surface area (Å²) in [6.07, 6.45) is 2.89. The molecule has 5 rings (SSSR count). The van der Waals surface area contributed by atoms with E-state index in [1.54, 1.807) is 17.0 Å². The molecule has 8 heteroatoms. The third-order valence-corrected chi connectivity index (χ3v) is 8.78. The topological polar surface area (TPSA) is 84.9 Å². The van der Waals surface area contributed by atoms with Crippen LogP contribution in [0.2, 0.25) is 5.02 Å². The minimum absolute atomic E-state index is 0.140. The molecule has 0 aromatic heterocycles. The van der Waals surface area contributed by atoms with Crippen LogP contribution in [0.1, 0.15) is 86.5 Å². The molecule has 7 nitrogen and oxygen atoms in total. The zero-order chi connectivity index (χ0) is 36.9. The highest BCUT2D eigenvalue weighted by Gasteiger charge is 2.26. The summed E-state index contributed by atoms with van der Waals surface area (Å²) in [5.41, 5.74) is 7.19. The van der Waals surface area contributed by atoms with Gasteiger partial charge in [-0.25, -0.2) is 9.59 Å². The van der Waals surface area contributed by atoms with Gasteiger partial charge >= 0.3 is 12.1 Å². The smallest absolute Gasteiger partial charge is 0.410 e. The monoisotopic (exact) mass is 706 g/mol. The molecule has 4 aromatic carbocycles. The third-order valence-electron chi connectivity index (χ3n) is 8.54. The lowest BCUT2D eigenvalue weighted by molar-refractivity contribution is -0.117. The number of esters is 1. The van der Waals surface area contributed by atoms with Crippen molar-refractivity contribution in [1.29, 1.82) is 0 Å². The van der Waals surface area contributed by atoms with Crippen molar-refractivity contribution in [1.82, 2.24) is 4.90 Å². The van der Waals surface area contributed by atoms with Crippen LogP contribution in [-0.4, -0.2) is 47.2 Å². The van der Waals surface area contributed by atoms with E-state index in [9.17, 15) is 14.4 Å². The van der Waals surface area contributed by atoms with E-state index in [2.05, 4.69) is 11.4 Å². The Labute approximate surface area is 306 Å². The Bertz CT molecular complexity index is 1900. The Kier molecular flexibility index (Phi) is 11.4. The predicted octanol–water partition coefficient (Wildman–Crippen LogP) is 10.3. The quantitative estimate of drug-likeness (QED) is 0.184. The number of benzene rings is 4. The number of ether oxygens (including phenoxy) is 2. The fourth-order valence-electron chi connectivity index (χ4n) is 5.98. The lowest BCUT2D eigenvalue weighted by atomic mass is 9.89. The first kappa shape index (κ1) is 37.4. The van der Waals surface area contributed by atoms with Gasteiger partial charge in [0.15, 0.2) is 0 Å². The molecule has 2 amide bonds. The van der Waals surface area contributed by atoms with E-state index in [0.717, 1.165) is 39.0 Å². The number of hydrogen-bond acceptors (Lipinski definition) is 5. The van der Waals surface area contributed by atoms with Gasteiger partial charge in [0.05, 0.1) is 11.5 Å². The minimum Gasteiger partial charge on any atom is -0.456 e. The van der Waals surface area contributed by atoms with E-state index in [0.29, 0.717) is 42.2 Å². The van der Waals surface area contributed by atoms with Crippen molar-refractivity contribution in [2.24, 2.45) is 0 Å². The molecule has 1 heterocycles. The summed E-state index contributed by atoms with van der Waals surface area (Å²) in [5.74, 6) is -1.03. The van der Waals surface area contributed by atoms with Gasteiger partial charge in [-0.1, -0.05) is 72.3 Å². The maximum absolute atomic E-state index is 14.0. The summed E-state index contributed by atoms with van der Waals surface area (Å²) in [6.45, 7) is 14.2. The molecule has 0 saturated carbocycles. The molecule has 0 unspecified atom stereocenters. The van der Waals surface area contributed by atoms with Crippen molar-refractivity contribution >= 4 is 40.8 Å². The number of anilines is 1. The van der Waals surface area contributed by atoms with Crippen LogP contribution in [0.4, 0.5) is 10.5 Å². The molecule has 51 heavy (non-hydrogen) atoms. The molecular formula is C43H47ClN2O5. The molecular weight excluding hydrogens is 660 g/mol. The van der Waals surface area contributed by atoms with Gasteiger partial charge in [0.2, 0.25) is 5.91 Å². The van der Waals surface area contributed by atoms with Gasteiger partial charge in [-0.3, -0.25) is 4.79 Å². The average Bonchev–Trinajstić information content (AvgIpc) is 3.06. The van der Waals surface area contributed by atoms with Crippen molar-refractivity contribution in [2.45, 2.75) is 78.4 Å². The number of carbonyl (C=O) groups excluding carboxylic acids is 3. The summed E-state index contributed by atoms with van der Waals surface area (Å²) in [5, 5.41) is 3.83. The lowest BCUT2D eigenvalue weighted by Crippen LogP contribution is -2.39. The molecule has 1 aliphatic rings. The summed E-state index contributed by atoms with van der Waals surface area (Å²) >= 11 is 6.16. The maximum atomic E-state index is 14.0. The van der Waals surface area contributed by atoms with Crippen molar-refractivity contribution in [3.05, 3.63) is 130 Å². The van der Waals surface area contributed by atoms with E-state index >= 15 is 0 Å². The number of carbonyl (C=O) groups is 3. The fourth-order valence-corrected chi connectivity index (χ4v) is 6.20. The average molecular weight is 707 g/mol. The Morgan fingerprint density at radius 3 is 2.00 bits per heavy atom. The molecule has 0 fully saturated rings. The highest BCUT2D eigenvalue weighted by molar-refractivity contribution is 6.30. The van der Waals surface area contributed by atoms with Crippen molar-refractivity contribution in [3.8, 4) is 11.1 Å². The van der Waals surface area contributed by atoms with Gasteiger partial charge in [-0.2, -0.15) is 0 Å². The zero-order valence-electron chi connectivity index (χ0n) is 30.5. The van der Waals surface area contributed by atoms with E-state index in [4.69, 9.17) is 21.1 Å². The highest BCUT2D eigenvalue weighted by Crippen LogP contribution is 2.30. The van der Waals surface area contributed by atoms with Crippen molar-refractivity contribution in [2.75, 3.05) is 18.4 Å². The summed E-state index contributed by atoms with van der Waals surface area (Å²) in [6, 6.07) is 28.9. The van der Waals surface area contributed by atoms with Gasteiger partial charge < -0.3 is 19.7 Å². The number of nitrogens with zero attached hydrogens (tertiary/aromatic N) is 1. The van der Waals surface area contributed by atoms with Crippen LogP contribution >= 0.6 is 11.6 Å². The van der Waals surface area contributed by atoms with Gasteiger partial charge in [-0.15, -0.1) is 0 Å². The predicted molar refractivity (Wildman–Crippen MR) is 205 cm³/mol. The van der Waals surface area contributed by atoms with Crippen LogP contribution in [0.3, 0.4) is 0 Å². The Hall–Kier alpha value is -4.88. The third kappa shape index (κ3) is 10.3. The molecule has 4 aromatic rings. The van der Waals surface area contributed by atoms with E-state index in [-0.39, 0.29) is 18.0 Å². The van der Waals surface area contributed by atoms with Crippen molar-refractivity contribution < 1.29 is 23.9 Å². The lowest BCUT2D eigenvalue weighted by Gasteiger charge is -2.29. The molecule has 1 aliphatic heterocycles.